The molecule has 0 aromatic heterocycles. The van der Waals surface area contributed by atoms with Crippen molar-refractivity contribution < 1.29 is 4.79 Å². The quantitative estimate of drug-likeness (QED) is 0.841. The van der Waals surface area contributed by atoms with Crippen molar-refractivity contribution in [2.75, 3.05) is 0 Å². The van der Waals surface area contributed by atoms with Crippen LogP contribution in [0.2, 0.25) is 5.02 Å². The zero-order valence-corrected chi connectivity index (χ0v) is 12.7. The van der Waals surface area contributed by atoms with Crippen LogP contribution in [0.25, 0.3) is 0 Å². The van der Waals surface area contributed by atoms with Crippen molar-refractivity contribution in [1.29, 1.82) is 0 Å². The third-order valence-corrected chi connectivity index (χ3v) is 4.17. The largest absolute Gasteiger partial charge is 0.351 e. The number of thioether (sulfide) groups is 1. The molecule has 0 fully saturated rings. The Balaban J connectivity index is 1.84. The van der Waals surface area contributed by atoms with Gasteiger partial charge in [0.25, 0.3) is 0 Å². The van der Waals surface area contributed by atoms with Crippen molar-refractivity contribution in [1.82, 2.24) is 5.32 Å². The Hall–Kier alpha value is -1.45. The first-order chi connectivity index (χ1) is 9.65. The van der Waals surface area contributed by atoms with Crippen LogP contribution in [0.5, 0.6) is 0 Å². The van der Waals surface area contributed by atoms with Gasteiger partial charge in [0.15, 0.2) is 0 Å². The van der Waals surface area contributed by atoms with Gasteiger partial charge < -0.3 is 5.32 Å². The molecule has 0 aliphatic rings. The van der Waals surface area contributed by atoms with Gasteiger partial charge in [0.1, 0.15) is 0 Å². The Morgan fingerprint density at radius 2 is 1.80 bits per heavy atom. The number of amides is 1. The topological polar surface area (TPSA) is 29.1 Å². The highest BCUT2D eigenvalue weighted by molar-refractivity contribution is 8.00. The van der Waals surface area contributed by atoms with E-state index in [9.17, 15) is 4.79 Å². The molecular weight excluding hydrogens is 290 g/mol. The lowest BCUT2D eigenvalue weighted by Gasteiger charge is -2.12. The molecule has 0 spiro atoms. The minimum Gasteiger partial charge on any atom is -0.351 e. The highest BCUT2D eigenvalue weighted by Crippen LogP contribution is 2.24. The molecule has 2 aromatic carbocycles. The summed E-state index contributed by atoms with van der Waals surface area (Å²) in [7, 11) is 0. The van der Waals surface area contributed by atoms with Crippen LogP contribution >= 0.6 is 23.4 Å². The van der Waals surface area contributed by atoms with E-state index < -0.39 is 0 Å². The average Bonchev–Trinajstić information content (AvgIpc) is 2.48. The maximum Gasteiger partial charge on any atom is 0.233 e. The summed E-state index contributed by atoms with van der Waals surface area (Å²) in [5, 5.41) is 3.51. The Morgan fingerprint density at radius 1 is 1.15 bits per heavy atom. The Labute approximate surface area is 128 Å². The lowest BCUT2D eigenvalue weighted by atomic mass is 10.2. The number of hydrogen-bond acceptors (Lipinski definition) is 2. The Bertz CT molecular complexity index is 556. The molecule has 2 rings (SSSR count). The molecule has 1 atom stereocenters. The summed E-state index contributed by atoms with van der Waals surface area (Å²) in [5.41, 5.74) is 1.10. The van der Waals surface area contributed by atoms with Crippen molar-refractivity contribution in [3.8, 4) is 0 Å². The smallest absolute Gasteiger partial charge is 0.233 e. The zero-order valence-electron chi connectivity index (χ0n) is 11.2. The number of hydrogen-bond donors (Lipinski definition) is 1. The first-order valence-corrected chi connectivity index (χ1v) is 7.65. The Morgan fingerprint density at radius 3 is 2.45 bits per heavy atom. The number of nitrogens with one attached hydrogen (secondary N) is 1. The summed E-state index contributed by atoms with van der Waals surface area (Å²) in [4.78, 5) is 13.1. The molecule has 0 bridgehead atoms. The first kappa shape index (κ1) is 14.9. The second-order valence-electron chi connectivity index (χ2n) is 4.42. The van der Waals surface area contributed by atoms with Crippen molar-refractivity contribution in [2.45, 2.75) is 23.6 Å². The van der Waals surface area contributed by atoms with E-state index in [0.717, 1.165) is 10.5 Å². The third kappa shape index (κ3) is 4.58. The van der Waals surface area contributed by atoms with Crippen molar-refractivity contribution in [3.63, 3.8) is 0 Å². The average molecular weight is 306 g/mol. The van der Waals surface area contributed by atoms with Crippen LogP contribution in [0.4, 0.5) is 0 Å². The number of halogens is 1. The molecule has 1 amide bonds. The molecule has 20 heavy (non-hydrogen) atoms. The fourth-order valence-corrected chi connectivity index (χ4v) is 2.72. The van der Waals surface area contributed by atoms with E-state index in [1.165, 1.54) is 11.8 Å². The zero-order chi connectivity index (χ0) is 14.4. The lowest BCUT2D eigenvalue weighted by Crippen LogP contribution is -2.30. The Kier molecular flexibility index (Phi) is 5.50. The van der Waals surface area contributed by atoms with Gasteiger partial charge in [-0.15, -0.1) is 11.8 Å². The predicted molar refractivity (Wildman–Crippen MR) is 85.1 cm³/mol. The van der Waals surface area contributed by atoms with E-state index >= 15 is 0 Å². The minimum atomic E-state index is -0.139. The molecule has 0 unspecified atom stereocenters. The molecule has 0 saturated carbocycles. The fraction of sp³-hybridized carbons (Fsp3) is 0.188. The molecule has 0 saturated heterocycles. The molecule has 0 aliphatic heterocycles. The van der Waals surface area contributed by atoms with E-state index in [4.69, 9.17) is 11.6 Å². The summed E-state index contributed by atoms with van der Waals surface area (Å²) in [5.74, 6) is 0.0359. The number of carbonyl (C=O) groups excluding carboxylic acids is 1. The fourth-order valence-electron chi connectivity index (χ4n) is 1.70. The standard InChI is InChI=1S/C16H16ClNOS/c1-12(20-15-9-7-14(17)8-10-15)16(19)18-11-13-5-3-2-4-6-13/h2-10,12H,11H2,1H3,(H,18,19)/t12-/m0/s1. The molecule has 1 N–H and O–H groups in total. The lowest BCUT2D eigenvalue weighted by molar-refractivity contribution is -0.120. The van der Waals surface area contributed by atoms with Crippen molar-refractivity contribution >= 4 is 29.3 Å². The molecule has 0 radical (unpaired) electrons. The van der Waals surface area contributed by atoms with Gasteiger partial charge in [-0.25, -0.2) is 0 Å². The van der Waals surface area contributed by atoms with Crippen LogP contribution in [-0.2, 0) is 11.3 Å². The molecule has 2 aromatic rings. The predicted octanol–water partition coefficient (Wildman–Crippen LogP) is 4.14. The monoisotopic (exact) mass is 305 g/mol. The van der Waals surface area contributed by atoms with Gasteiger partial charge in [0, 0.05) is 16.5 Å². The van der Waals surface area contributed by atoms with Gasteiger partial charge >= 0.3 is 0 Å². The number of benzene rings is 2. The highest BCUT2D eigenvalue weighted by atomic mass is 35.5. The summed E-state index contributed by atoms with van der Waals surface area (Å²) < 4.78 is 0. The summed E-state index contributed by atoms with van der Waals surface area (Å²) in [6.07, 6.45) is 0. The molecule has 0 heterocycles. The molecular formula is C16H16ClNOS. The first-order valence-electron chi connectivity index (χ1n) is 6.39. The maximum absolute atomic E-state index is 12.0. The van der Waals surface area contributed by atoms with Crippen LogP contribution in [-0.4, -0.2) is 11.2 Å². The van der Waals surface area contributed by atoms with E-state index in [-0.39, 0.29) is 11.2 Å². The molecule has 0 aliphatic carbocycles. The SMILES string of the molecule is C[C@H](Sc1ccc(Cl)cc1)C(=O)NCc1ccccc1. The molecule has 104 valence electrons. The van der Waals surface area contributed by atoms with Gasteiger partial charge in [-0.2, -0.15) is 0 Å². The van der Waals surface area contributed by atoms with E-state index in [0.29, 0.717) is 11.6 Å². The van der Waals surface area contributed by atoms with E-state index in [1.807, 2.05) is 61.5 Å². The van der Waals surface area contributed by atoms with Crippen LogP contribution in [0.15, 0.2) is 59.5 Å². The second-order valence-corrected chi connectivity index (χ2v) is 6.27. The van der Waals surface area contributed by atoms with Crippen molar-refractivity contribution in [2.24, 2.45) is 0 Å². The number of rotatable bonds is 5. The van der Waals surface area contributed by atoms with Gasteiger partial charge in [0.2, 0.25) is 5.91 Å². The van der Waals surface area contributed by atoms with Crippen LogP contribution in [0.1, 0.15) is 12.5 Å². The van der Waals surface area contributed by atoms with Crippen LogP contribution < -0.4 is 5.32 Å². The third-order valence-electron chi connectivity index (χ3n) is 2.81. The normalized spacial score (nSPS) is 11.9. The van der Waals surface area contributed by atoms with Crippen LogP contribution in [0.3, 0.4) is 0 Å². The molecule has 4 heteroatoms. The summed E-state index contributed by atoms with van der Waals surface area (Å²) in [6.45, 7) is 2.46. The van der Waals surface area contributed by atoms with Crippen LogP contribution in [0, 0.1) is 0 Å². The van der Waals surface area contributed by atoms with Gasteiger partial charge in [-0.05, 0) is 36.8 Å². The van der Waals surface area contributed by atoms with Gasteiger partial charge in [0.05, 0.1) is 5.25 Å². The van der Waals surface area contributed by atoms with E-state index in [1.54, 1.807) is 0 Å². The maximum atomic E-state index is 12.0. The van der Waals surface area contributed by atoms with Gasteiger partial charge in [-0.3, -0.25) is 4.79 Å². The summed E-state index contributed by atoms with van der Waals surface area (Å²) >= 11 is 7.36. The van der Waals surface area contributed by atoms with Crippen molar-refractivity contribution in [3.05, 3.63) is 65.2 Å². The highest BCUT2D eigenvalue weighted by Gasteiger charge is 2.13. The minimum absolute atomic E-state index is 0.0359. The van der Waals surface area contributed by atoms with Gasteiger partial charge in [-0.1, -0.05) is 41.9 Å². The molecule has 2 nitrogen and oxygen atoms in total. The van der Waals surface area contributed by atoms with E-state index in [2.05, 4.69) is 5.32 Å². The second kappa shape index (κ2) is 7.36. The summed E-state index contributed by atoms with van der Waals surface area (Å²) in [6, 6.07) is 17.4. The number of carbonyl (C=O) groups is 1.